The Labute approximate surface area is 178 Å². The van der Waals surface area contributed by atoms with Gasteiger partial charge in [0.2, 0.25) is 11.8 Å². The van der Waals surface area contributed by atoms with E-state index in [0.717, 1.165) is 27.3 Å². The molecule has 3 rings (SSSR count). The third-order valence-corrected chi connectivity index (χ3v) is 5.13. The summed E-state index contributed by atoms with van der Waals surface area (Å²) >= 11 is 1.35. The molecule has 0 aliphatic rings. The molecule has 0 aliphatic carbocycles. The lowest BCUT2D eigenvalue weighted by Gasteiger charge is -2.11. The molecule has 8 heteroatoms. The summed E-state index contributed by atoms with van der Waals surface area (Å²) in [7, 11) is 1.59. The van der Waals surface area contributed by atoms with Crippen LogP contribution in [0.2, 0.25) is 0 Å². The van der Waals surface area contributed by atoms with Gasteiger partial charge in [-0.05, 0) is 55.8 Å². The van der Waals surface area contributed by atoms with Crippen LogP contribution in [0.4, 0.5) is 5.13 Å². The number of hydrogen-bond acceptors (Lipinski definition) is 6. The first-order chi connectivity index (χ1) is 14.5. The number of aromatic nitrogens is 1. The monoisotopic (exact) mass is 425 g/mol. The summed E-state index contributed by atoms with van der Waals surface area (Å²) in [5.41, 5.74) is 1.63. The number of methoxy groups -OCH3 is 1. The van der Waals surface area contributed by atoms with Crippen LogP contribution in [-0.2, 0) is 9.59 Å². The number of fused-ring (bicyclic) bond motifs is 1. The van der Waals surface area contributed by atoms with Gasteiger partial charge < -0.3 is 20.1 Å². The zero-order valence-electron chi connectivity index (χ0n) is 17.0. The van der Waals surface area contributed by atoms with E-state index >= 15 is 0 Å². The van der Waals surface area contributed by atoms with Gasteiger partial charge in [-0.15, -0.1) is 0 Å². The molecule has 2 N–H and O–H groups in total. The largest absolute Gasteiger partial charge is 0.497 e. The number of anilines is 1. The number of carbonyl (C=O) groups excluding carboxylic acids is 2. The minimum Gasteiger partial charge on any atom is -0.497 e. The van der Waals surface area contributed by atoms with Crippen molar-refractivity contribution in [1.82, 2.24) is 10.3 Å². The highest BCUT2D eigenvalue weighted by Crippen LogP contribution is 2.29. The summed E-state index contributed by atoms with van der Waals surface area (Å²) in [6, 6.07) is 12.2. The molecule has 7 nitrogen and oxygen atoms in total. The Balaban J connectivity index is 1.56. The van der Waals surface area contributed by atoms with E-state index in [1.54, 1.807) is 20.1 Å². The van der Waals surface area contributed by atoms with Crippen LogP contribution in [0.15, 0.2) is 48.5 Å². The van der Waals surface area contributed by atoms with Crippen LogP contribution in [0, 0.1) is 0 Å². The molecule has 0 fully saturated rings. The molecule has 30 heavy (non-hydrogen) atoms. The summed E-state index contributed by atoms with van der Waals surface area (Å²) < 4.78 is 11.5. The molecule has 2 amide bonds. The summed E-state index contributed by atoms with van der Waals surface area (Å²) in [5, 5.41) is 5.87. The smallest absolute Gasteiger partial charge is 0.248 e. The van der Waals surface area contributed by atoms with Crippen molar-refractivity contribution in [3.05, 3.63) is 54.1 Å². The van der Waals surface area contributed by atoms with Crippen LogP contribution in [0.25, 0.3) is 16.3 Å². The highest BCUT2D eigenvalue weighted by molar-refractivity contribution is 7.22. The molecule has 1 unspecified atom stereocenters. The van der Waals surface area contributed by atoms with Crippen LogP contribution in [0.1, 0.15) is 19.4 Å². The third kappa shape index (κ3) is 5.57. The zero-order valence-corrected chi connectivity index (χ0v) is 17.8. The summed E-state index contributed by atoms with van der Waals surface area (Å²) in [6.45, 7) is 4.12. The Morgan fingerprint density at radius 3 is 2.60 bits per heavy atom. The van der Waals surface area contributed by atoms with E-state index in [1.165, 1.54) is 17.4 Å². The van der Waals surface area contributed by atoms with E-state index in [-0.39, 0.29) is 11.8 Å². The average Bonchev–Trinajstić information content (AvgIpc) is 3.14. The van der Waals surface area contributed by atoms with Gasteiger partial charge in [-0.25, -0.2) is 4.98 Å². The van der Waals surface area contributed by atoms with Crippen molar-refractivity contribution in [2.24, 2.45) is 0 Å². The van der Waals surface area contributed by atoms with Gasteiger partial charge in [0.25, 0.3) is 0 Å². The van der Waals surface area contributed by atoms with Gasteiger partial charge in [0.1, 0.15) is 17.5 Å². The number of amides is 2. The summed E-state index contributed by atoms with van der Waals surface area (Å²) in [6.07, 6.45) is 3.06. The molecule has 0 saturated heterocycles. The summed E-state index contributed by atoms with van der Waals surface area (Å²) in [5.74, 6) is 0.797. The second-order valence-electron chi connectivity index (χ2n) is 6.41. The Hall–Kier alpha value is -3.39. The second kappa shape index (κ2) is 9.89. The standard InChI is InChI=1S/C22H23N3O4S/c1-4-29-17-10-11-18-19(13-17)30-22(24-18)25-21(27)14(2)23-20(26)12-7-15-5-8-16(28-3)9-6-15/h5-14H,4H2,1-3H3,(H,23,26)(H,24,25,27)/b12-7+. The van der Waals surface area contributed by atoms with Crippen molar-refractivity contribution in [2.75, 3.05) is 19.0 Å². The number of nitrogens with one attached hydrogen (secondary N) is 2. The molecule has 0 bridgehead atoms. The summed E-state index contributed by atoms with van der Waals surface area (Å²) in [4.78, 5) is 28.9. The van der Waals surface area contributed by atoms with Crippen LogP contribution >= 0.6 is 11.3 Å². The lowest BCUT2D eigenvalue weighted by molar-refractivity contribution is -0.123. The fourth-order valence-corrected chi connectivity index (χ4v) is 3.54. The molecule has 156 valence electrons. The van der Waals surface area contributed by atoms with Crippen molar-refractivity contribution in [1.29, 1.82) is 0 Å². The minimum atomic E-state index is -0.719. The van der Waals surface area contributed by atoms with Crippen LogP contribution in [0.3, 0.4) is 0 Å². The van der Waals surface area contributed by atoms with Crippen LogP contribution < -0.4 is 20.1 Å². The Bertz CT molecular complexity index is 1060. The van der Waals surface area contributed by atoms with Gasteiger partial charge in [-0.2, -0.15) is 0 Å². The fourth-order valence-electron chi connectivity index (χ4n) is 2.64. The van der Waals surface area contributed by atoms with Gasteiger partial charge in [-0.3, -0.25) is 9.59 Å². The molecule has 3 aromatic rings. The molecule has 2 aromatic carbocycles. The maximum atomic E-state index is 12.4. The molecular weight excluding hydrogens is 402 g/mol. The zero-order chi connectivity index (χ0) is 21.5. The number of carbonyl (C=O) groups is 2. The van der Waals surface area contributed by atoms with Crippen LogP contribution in [-0.4, -0.2) is 36.6 Å². The first-order valence-electron chi connectivity index (χ1n) is 9.45. The van der Waals surface area contributed by atoms with Gasteiger partial charge in [0.05, 0.1) is 23.9 Å². The van der Waals surface area contributed by atoms with E-state index in [0.29, 0.717) is 11.7 Å². The van der Waals surface area contributed by atoms with Crippen LogP contribution in [0.5, 0.6) is 11.5 Å². The van der Waals surface area contributed by atoms with Gasteiger partial charge in [-0.1, -0.05) is 23.5 Å². The van der Waals surface area contributed by atoms with Gasteiger partial charge in [0, 0.05) is 6.08 Å². The van der Waals surface area contributed by atoms with E-state index in [1.807, 2.05) is 49.4 Å². The Morgan fingerprint density at radius 2 is 1.90 bits per heavy atom. The van der Waals surface area contributed by atoms with E-state index in [2.05, 4.69) is 15.6 Å². The maximum Gasteiger partial charge on any atom is 0.248 e. The molecule has 0 saturated carbocycles. The van der Waals surface area contributed by atoms with Crippen molar-refractivity contribution < 1.29 is 19.1 Å². The number of thiazole rings is 1. The molecule has 0 spiro atoms. The normalized spacial score (nSPS) is 12.0. The Morgan fingerprint density at radius 1 is 1.17 bits per heavy atom. The van der Waals surface area contributed by atoms with Crippen molar-refractivity contribution in [3.63, 3.8) is 0 Å². The first kappa shape index (κ1) is 21.3. The Kier molecular flexibility index (Phi) is 7.03. The number of benzene rings is 2. The highest BCUT2D eigenvalue weighted by atomic mass is 32.1. The van der Waals surface area contributed by atoms with E-state index < -0.39 is 6.04 Å². The minimum absolute atomic E-state index is 0.342. The van der Waals surface area contributed by atoms with Gasteiger partial charge >= 0.3 is 0 Å². The second-order valence-corrected chi connectivity index (χ2v) is 7.44. The lowest BCUT2D eigenvalue weighted by Crippen LogP contribution is -2.40. The molecule has 1 atom stereocenters. The molecule has 0 aliphatic heterocycles. The average molecular weight is 426 g/mol. The number of nitrogens with zero attached hydrogens (tertiary/aromatic N) is 1. The topological polar surface area (TPSA) is 89.5 Å². The van der Waals surface area contributed by atoms with E-state index in [9.17, 15) is 9.59 Å². The third-order valence-electron chi connectivity index (χ3n) is 4.20. The fraction of sp³-hybridized carbons (Fsp3) is 0.227. The quantitative estimate of drug-likeness (QED) is 0.535. The predicted octanol–water partition coefficient (Wildman–Crippen LogP) is 3.86. The van der Waals surface area contributed by atoms with Crippen molar-refractivity contribution in [2.45, 2.75) is 19.9 Å². The molecule has 0 radical (unpaired) electrons. The van der Waals surface area contributed by atoms with Gasteiger partial charge in [0.15, 0.2) is 5.13 Å². The lowest BCUT2D eigenvalue weighted by atomic mass is 10.2. The number of rotatable bonds is 8. The van der Waals surface area contributed by atoms with Crippen molar-refractivity contribution >= 4 is 44.6 Å². The molecule has 1 aromatic heterocycles. The van der Waals surface area contributed by atoms with E-state index in [4.69, 9.17) is 9.47 Å². The predicted molar refractivity (Wildman–Crippen MR) is 119 cm³/mol. The first-order valence-corrected chi connectivity index (χ1v) is 10.3. The number of ether oxygens (including phenoxy) is 2. The number of hydrogen-bond donors (Lipinski definition) is 2. The molecular formula is C22H23N3O4S. The van der Waals surface area contributed by atoms with Crippen molar-refractivity contribution in [3.8, 4) is 11.5 Å². The highest BCUT2D eigenvalue weighted by Gasteiger charge is 2.16. The maximum absolute atomic E-state index is 12.4. The molecule has 1 heterocycles. The SMILES string of the molecule is CCOc1ccc2nc(NC(=O)C(C)NC(=O)/C=C/c3ccc(OC)cc3)sc2c1.